The number of carbonyl (C=O) groups is 2. The molecule has 0 heterocycles. The molecule has 6 nitrogen and oxygen atoms in total. The molecule has 0 spiro atoms. The summed E-state index contributed by atoms with van der Waals surface area (Å²) in [6.45, 7) is 0.228. The van der Waals surface area contributed by atoms with Gasteiger partial charge in [-0.1, -0.05) is 0 Å². The Morgan fingerprint density at radius 1 is 1.00 bits per heavy atom. The largest absolute Gasteiger partial charge is 0.364 e. The standard InChI is InChI=1S/C8H14N2O4/c1-13-5-9-7(11)3-4-8(12)10-6-14-2/h3-4H,5-6H2,1-2H3,(H,9,11)(H,10,12). The van der Waals surface area contributed by atoms with Gasteiger partial charge in [0.15, 0.2) is 0 Å². The van der Waals surface area contributed by atoms with Crippen LogP contribution in [0.1, 0.15) is 0 Å². The smallest absolute Gasteiger partial charge is 0.245 e. The van der Waals surface area contributed by atoms with Crippen molar-refractivity contribution in [1.82, 2.24) is 10.6 Å². The number of ether oxygens (including phenoxy) is 2. The van der Waals surface area contributed by atoms with Gasteiger partial charge in [-0.05, 0) is 0 Å². The SMILES string of the molecule is COCNC(=O)C=CC(=O)NCOC. The van der Waals surface area contributed by atoms with Gasteiger partial charge in [-0.15, -0.1) is 0 Å². The molecule has 0 aliphatic carbocycles. The van der Waals surface area contributed by atoms with E-state index in [4.69, 9.17) is 0 Å². The van der Waals surface area contributed by atoms with Crippen molar-refractivity contribution in [3.05, 3.63) is 12.2 Å². The van der Waals surface area contributed by atoms with Crippen molar-refractivity contribution in [3.63, 3.8) is 0 Å². The van der Waals surface area contributed by atoms with Gasteiger partial charge in [0, 0.05) is 26.4 Å². The first kappa shape index (κ1) is 12.6. The predicted octanol–water partition coefficient (Wildman–Crippen LogP) is -1.02. The molecule has 0 saturated heterocycles. The Kier molecular flexibility index (Phi) is 7.39. The molecule has 6 heteroatoms. The quantitative estimate of drug-likeness (QED) is 0.427. The van der Waals surface area contributed by atoms with Gasteiger partial charge in [-0.25, -0.2) is 0 Å². The predicted molar refractivity (Wildman–Crippen MR) is 49.2 cm³/mol. The lowest BCUT2D eigenvalue weighted by atomic mass is 10.4. The molecule has 0 aliphatic rings. The summed E-state index contributed by atoms with van der Waals surface area (Å²) in [5, 5.41) is 4.77. The Bertz CT molecular complexity index is 193. The molecule has 2 N–H and O–H groups in total. The molecule has 0 aliphatic heterocycles. The van der Waals surface area contributed by atoms with Crippen molar-refractivity contribution in [3.8, 4) is 0 Å². The average Bonchev–Trinajstić information content (AvgIpc) is 2.20. The van der Waals surface area contributed by atoms with Crippen LogP contribution in [0.5, 0.6) is 0 Å². The summed E-state index contributed by atoms with van der Waals surface area (Å²) in [5.41, 5.74) is 0. The lowest BCUT2D eigenvalue weighted by Crippen LogP contribution is -2.26. The second-order valence-corrected chi connectivity index (χ2v) is 2.28. The van der Waals surface area contributed by atoms with E-state index in [9.17, 15) is 9.59 Å². The zero-order valence-corrected chi connectivity index (χ0v) is 8.20. The number of amides is 2. The van der Waals surface area contributed by atoms with E-state index < -0.39 is 0 Å². The molecule has 0 atom stereocenters. The van der Waals surface area contributed by atoms with E-state index in [1.165, 1.54) is 14.2 Å². The van der Waals surface area contributed by atoms with Crippen LogP contribution in [-0.2, 0) is 19.1 Å². The van der Waals surface area contributed by atoms with Gasteiger partial charge >= 0.3 is 0 Å². The fourth-order valence-electron chi connectivity index (χ4n) is 0.556. The highest BCUT2D eigenvalue weighted by atomic mass is 16.5. The third-order valence-corrected chi connectivity index (χ3v) is 1.17. The van der Waals surface area contributed by atoms with Gasteiger partial charge in [0.25, 0.3) is 0 Å². The highest BCUT2D eigenvalue weighted by Gasteiger charge is 1.96. The highest BCUT2D eigenvalue weighted by Crippen LogP contribution is 1.75. The maximum Gasteiger partial charge on any atom is 0.245 e. The summed E-state index contributed by atoms with van der Waals surface area (Å²) in [5.74, 6) is -0.779. The van der Waals surface area contributed by atoms with Crippen LogP contribution in [0.3, 0.4) is 0 Å². The molecule has 0 unspecified atom stereocenters. The molecule has 0 aromatic heterocycles. The summed E-state index contributed by atoms with van der Waals surface area (Å²) >= 11 is 0. The van der Waals surface area contributed by atoms with Crippen molar-refractivity contribution in [2.75, 3.05) is 27.7 Å². The zero-order chi connectivity index (χ0) is 10.8. The number of methoxy groups -OCH3 is 2. The first-order valence-corrected chi connectivity index (χ1v) is 3.92. The van der Waals surface area contributed by atoms with Crippen LogP contribution >= 0.6 is 0 Å². The second-order valence-electron chi connectivity index (χ2n) is 2.28. The van der Waals surface area contributed by atoms with Gasteiger partial charge < -0.3 is 20.1 Å². The maximum atomic E-state index is 10.9. The summed E-state index contributed by atoms with van der Waals surface area (Å²) in [6.07, 6.45) is 2.23. The second kappa shape index (κ2) is 8.21. The van der Waals surface area contributed by atoms with Crippen molar-refractivity contribution >= 4 is 11.8 Å². The van der Waals surface area contributed by atoms with Gasteiger partial charge in [0.05, 0.1) is 0 Å². The first-order valence-electron chi connectivity index (χ1n) is 3.92. The molecule has 0 aromatic rings. The fraction of sp³-hybridized carbons (Fsp3) is 0.500. The highest BCUT2D eigenvalue weighted by molar-refractivity contribution is 5.96. The van der Waals surface area contributed by atoms with Crippen LogP contribution in [0.2, 0.25) is 0 Å². The van der Waals surface area contributed by atoms with E-state index in [1.54, 1.807) is 0 Å². The topological polar surface area (TPSA) is 76.7 Å². The average molecular weight is 202 g/mol. The van der Waals surface area contributed by atoms with Gasteiger partial charge in [-0.2, -0.15) is 0 Å². The minimum atomic E-state index is -0.389. The van der Waals surface area contributed by atoms with Crippen LogP contribution in [0.4, 0.5) is 0 Å². The summed E-state index contributed by atoms with van der Waals surface area (Å²) < 4.78 is 9.20. The van der Waals surface area contributed by atoms with Crippen LogP contribution in [0.15, 0.2) is 12.2 Å². The van der Waals surface area contributed by atoms with Crippen LogP contribution in [0, 0.1) is 0 Å². The summed E-state index contributed by atoms with van der Waals surface area (Å²) in [7, 11) is 2.91. The Labute approximate surface area is 82.3 Å². The number of hydrogen-bond acceptors (Lipinski definition) is 4. The minimum Gasteiger partial charge on any atom is -0.364 e. The van der Waals surface area contributed by atoms with Crippen LogP contribution in [-0.4, -0.2) is 39.5 Å². The Balaban J connectivity index is 3.68. The van der Waals surface area contributed by atoms with E-state index in [0.29, 0.717) is 0 Å². The molecular weight excluding hydrogens is 188 g/mol. The Morgan fingerprint density at radius 3 is 1.64 bits per heavy atom. The number of carbonyl (C=O) groups excluding carboxylic acids is 2. The molecule has 0 aromatic carbocycles. The monoisotopic (exact) mass is 202 g/mol. The molecule has 80 valence electrons. The van der Waals surface area contributed by atoms with Crippen molar-refractivity contribution in [2.24, 2.45) is 0 Å². The minimum absolute atomic E-state index is 0.114. The van der Waals surface area contributed by atoms with Gasteiger partial charge in [0.2, 0.25) is 11.8 Å². The first-order chi connectivity index (χ1) is 6.70. The number of nitrogens with one attached hydrogen (secondary N) is 2. The van der Waals surface area contributed by atoms with E-state index in [-0.39, 0.29) is 25.3 Å². The molecule has 0 rings (SSSR count). The summed E-state index contributed by atoms with van der Waals surface area (Å²) in [6, 6.07) is 0. The van der Waals surface area contributed by atoms with Crippen LogP contribution in [0.25, 0.3) is 0 Å². The molecular formula is C8H14N2O4. The Morgan fingerprint density at radius 2 is 1.36 bits per heavy atom. The Hall–Kier alpha value is -1.40. The van der Waals surface area contributed by atoms with Crippen molar-refractivity contribution in [1.29, 1.82) is 0 Å². The normalized spacial score (nSPS) is 10.1. The van der Waals surface area contributed by atoms with Crippen molar-refractivity contribution < 1.29 is 19.1 Å². The van der Waals surface area contributed by atoms with E-state index >= 15 is 0 Å². The zero-order valence-electron chi connectivity index (χ0n) is 8.20. The summed E-state index contributed by atoms with van der Waals surface area (Å²) in [4.78, 5) is 21.8. The third kappa shape index (κ3) is 7.26. The third-order valence-electron chi connectivity index (χ3n) is 1.17. The molecule has 0 saturated carbocycles. The molecule has 0 fully saturated rings. The van der Waals surface area contributed by atoms with Gasteiger partial charge in [-0.3, -0.25) is 9.59 Å². The molecule has 0 radical (unpaired) electrons. The molecule has 0 bridgehead atoms. The van der Waals surface area contributed by atoms with Crippen LogP contribution < -0.4 is 10.6 Å². The molecule has 14 heavy (non-hydrogen) atoms. The van der Waals surface area contributed by atoms with Gasteiger partial charge in [0.1, 0.15) is 13.5 Å². The maximum absolute atomic E-state index is 10.9. The van der Waals surface area contributed by atoms with Crippen molar-refractivity contribution in [2.45, 2.75) is 0 Å². The number of hydrogen-bond donors (Lipinski definition) is 2. The number of rotatable bonds is 6. The fourth-order valence-corrected chi connectivity index (χ4v) is 0.556. The lowest BCUT2D eigenvalue weighted by Gasteiger charge is -1.99. The molecule has 2 amide bonds. The lowest BCUT2D eigenvalue weighted by molar-refractivity contribution is -0.120. The van der Waals surface area contributed by atoms with E-state index in [0.717, 1.165) is 12.2 Å². The van der Waals surface area contributed by atoms with E-state index in [1.807, 2.05) is 0 Å². The van der Waals surface area contributed by atoms with E-state index in [2.05, 4.69) is 20.1 Å².